The van der Waals surface area contributed by atoms with E-state index in [0.29, 0.717) is 46.7 Å². The van der Waals surface area contributed by atoms with E-state index >= 15 is 0 Å². The number of fused-ring (bicyclic) bond motifs is 1. The number of hydrogen-bond donors (Lipinski definition) is 3. The van der Waals surface area contributed by atoms with Gasteiger partial charge in [-0.3, -0.25) is 9.59 Å². The number of anilines is 2. The van der Waals surface area contributed by atoms with Crippen LogP contribution in [-0.4, -0.2) is 73.8 Å². The van der Waals surface area contributed by atoms with Gasteiger partial charge in [0.1, 0.15) is 11.8 Å². The van der Waals surface area contributed by atoms with Gasteiger partial charge in [0, 0.05) is 42.2 Å². The SMILES string of the molecule is CCCN(C(=O)OCOC(=O)/C=C/C(=O)O)C(=O)c1cn2ncnc(Nc3cc(C(=O)NC4CC4)ccc3C)c2c1C. The lowest BCUT2D eigenvalue weighted by Crippen LogP contribution is -2.38. The van der Waals surface area contributed by atoms with Gasteiger partial charge >= 0.3 is 18.0 Å². The van der Waals surface area contributed by atoms with Crippen molar-refractivity contribution in [1.82, 2.24) is 24.8 Å². The first-order valence-corrected chi connectivity index (χ1v) is 13.2. The van der Waals surface area contributed by atoms with Crippen molar-refractivity contribution < 1.29 is 38.6 Å². The summed E-state index contributed by atoms with van der Waals surface area (Å²) in [5.41, 5.74) is 3.15. The predicted molar refractivity (Wildman–Crippen MR) is 148 cm³/mol. The van der Waals surface area contributed by atoms with Crippen LogP contribution >= 0.6 is 0 Å². The summed E-state index contributed by atoms with van der Waals surface area (Å²) in [6.45, 7) is 4.54. The molecule has 0 bridgehead atoms. The number of nitrogens with one attached hydrogen (secondary N) is 2. The Morgan fingerprint density at radius 3 is 2.60 bits per heavy atom. The fourth-order valence-corrected chi connectivity index (χ4v) is 4.04. The Bertz CT molecular complexity index is 1580. The zero-order valence-corrected chi connectivity index (χ0v) is 23.2. The molecular formula is C28H30N6O8. The topological polar surface area (TPSA) is 182 Å². The minimum atomic E-state index is -1.35. The van der Waals surface area contributed by atoms with Crippen molar-refractivity contribution in [2.45, 2.75) is 46.1 Å². The summed E-state index contributed by atoms with van der Waals surface area (Å²) in [6.07, 6.45) is 5.35. The Morgan fingerprint density at radius 1 is 1.14 bits per heavy atom. The van der Waals surface area contributed by atoms with Crippen LogP contribution in [0.1, 0.15) is 58.0 Å². The van der Waals surface area contributed by atoms with Crippen LogP contribution in [0.4, 0.5) is 16.3 Å². The van der Waals surface area contributed by atoms with Crippen molar-refractivity contribution in [2.75, 3.05) is 18.7 Å². The summed E-state index contributed by atoms with van der Waals surface area (Å²) in [7, 11) is 0. The number of amides is 3. The smallest absolute Gasteiger partial charge is 0.419 e. The number of imide groups is 1. The number of nitrogens with zero attached hydrogens (tertiary/aromatic N) is 4. The van der Waals surface area contributed by atoms with Gasteiger partial charge in [-0.1, -0.05) is 13.0 Å². The van der Waals surface area contributed by atoms with Crippen LogP contribution in [0.5, 0.6) is 0 Å². The van der Waals surface area contributed by atoms with E-state index in [0.717, 1.165) is 23.3 Å². The van der Waals surface area contributed by atoms with Crippen LogP contribution in [0.25, 0.3) is 5.52 Å². The summed E-state index contributed by atoms with van der Waals surface area (Å²) < 4.78 is 11.0. The molecule has 0 atom stereocenters. The van der Waals surface area contributed by atoms with Crippen molar-refractivity contribution in [2.24, 2.45) is 0 Å². The third kappa shape index (κ3) is 7.08. The Balaban J connectivity index is 1.54. The molecule has 14 nitrogen and oxygen atoms in total. The van der Waals surface area contributed by atoms with E-state index in [-0.39, 0.29) is 24.1 Å². The lowest BCUT2D eigenvalue weighted by molar-refractivity contribution is -0.146. The number of carbonyl (C=O) groups is 5. The molecule has 2 aromatic heterocycles. The van der Waals surface area contributed by atoms with Crippen LogP contribution in [-0.2, 0) is 19.1 Å². The summed E-state index contributed by atoms with van der Waals surface area (Å²) in [4.78, 5) is 66.0. The Labute approximate surface area is 240 Å². The molecule has 14 heteroatoms. The van der Waals surface area contributed by atoms with E-state index in [2.05, 4.69) is 25.5 Å². The molecular weight excluding hydrogens is 548 g/mol. The van der Waals surface area contributed by atoms with E-state index in [1.807, 2.05) is 13.0 Å². The zero-order valence-electron chi connectivity index (χ0n) is 23.2. The van der Waals surface area contributed by atoms with E-state index in [1.54, 1.807) is 26.0 Å². The maximum absolute atomic E-state index is 13.5. The number of carboxylic acids is 1. The number of esters is 1. The van der Waals surface area contributed by atoms with Gasteiger partial charge in [0.2, 0.25) is 6.79 Å². The molecule has 3 N–H and O–H groups in total. The molecule has 1 saturated carbocycles. The van der Waals surface area contributed by atoms with Crippen molar-refractivity contribution in [3.63, 3.8) is 0 Å². The molecule has 42 heavy (non-hydrogen) atoms. The molecule has 1 fully saturated rings. The molecule has 4 rings (SSSR count). The van der Waals surface area contributed by atoms with Gasteiger partial charge in [0.25, 0.3) is 11.8 Å². The largest absolute Gasteiger partial charge is 0.478 e. The molecule has 220 valence electrons. The first-order valence-electron chi connectivity index (χ1n) is 13.2. The summed E-state index contributed by atoms with van der Waals surface area (Å²) in [5, 5.41) is 19.0. The molecule has 2 heterocycles. The van der Waals surface area contributed by atoms with Gasteiger partial charge in [0.15, 0.2) is 5.82 Å². The quantitative estimate of drug-likeness (QED) is 0.173. The number of aromatic nitrogens is 3. The molecule has 1 aromatic carbocycles. The molecule has 1 aliphatic rings. The minimum Gasteiger partial charge on any atom is -0.478 e. The molecule has 0 saturated heterocycles. The Kier molecular flexibility index (Phi) is 9.15. The van der Waals surface area contributed by atoms with E-state index < -0.39 is 30.7 Å². The van der Waals surface area contributed by atoms with Gasteiger partial charge < -0.3 is 25.2 Å². The first kappa shape index (κ1) is 29.7. The number of benzene rings is 1. The number of aryl methyl sites for hydroxylation is 2. The van der Waals surface area contributed by atoms with E-state index in [4.69, 9.17) is 9.84 Å². The van der Waals surface area contributed by atoms with Crippen molar-refractivity contribution in [3.8, 4) is 0 Å². The lowest BCUT2D eigenvalue weighted by atomic mass is 10.1. The highest BCUT2D eigenvalue weighted by Crippen LogP contribution is 2.28. The molecule has 3 amide bonds. The van der Waals surface area contributed by atoms with Crippen LogP contribution in [0, 0.1) is 13.8 Å². The van der Waals surface area contributed by atoms with Gasteiger partial charge in [-0.25, -0.2) is 28.8 Å². The third-order valence-electron chi connectivity index (χ3n) is 6.38. The van der Waals surface area contributed by atoms with Crippen molar-refractivity contribution >= 4 is 46.9 Å². The monoisotopic (exact) mass is 578 g/mol. The van der Waals surface area contributed by atoms with E-state index in [1.165, 1.54) is 17.0 Å². The van der Waals surface area contributed by atoms with Gasteiger partial charge in [-0.05, 0) is 56.4 Å². The highest BCUT2D eigenvalue weighted by atomic mass is 16.7. The molecule has 1 aliphatic carbocycles. The summed E-state index contributed by atoms with van der Waals surface area (Å²) >= 11 is 0. The van der Waals surface area contributed by atoms with Crippen LogP contribution in [0.2, 0.25) is 0 Å². The summed E-state index contributed by atoms with van der Waals surface area (Å²) in [6, 6.07) is 5.54. The minimum absolute atomic E-state index is 0.0157. The number of rotatable bonds is 11. The maximum atomic E-state index is 13.5. The maximum Gasteiger partial charge on any atom is 0.419 e. The number of carbonyl (C=O) groups excluding carboxylic acids is 4. The average molecular weight is 579 g/mol. The van der Waals surface area contributed by atoms with Crippen LogP contribution in [0.15, 0.2) is 42.9 Å². The van der Waals surface area contributed by atoms with Crippen LogP contribution < -0.4 is 10.6 Å². The van der Waals surface area contributed by atoms with Gasteiger partial charge in [-0.15, -0.1) is 0 Å². The average Bonchev–Trinajstić information content (AvgIpc) is 3.71. The molecule has 0 aliphatic heterocycles. The summed E-state index contributed by atoms with van der Waals surface area (Å²) in [5.74, 6) is -2.81. The van der Waals surface area contributed by atoms with Crippen LogP contribution in [0.3, 0.4) is 0 Å². The molecule has 0 radical (unpaired) electrons. The standard InChI is InChI=1S/C28H30N6O8/c1-4-11-33(28(40)42-15-41-23(37)10-9-22(35)36)27(39)20-13-34-24(17(20)3)25(29-14-30-34)32-21-12-18(6-5-16(21)2)26(38)31-19-7-8-19/h5-6,9-10,12-14,19H,4,7-8,11,15H2,1-3H3,(H,31,38)(H,35,36)(H,29,30,32)/b10-9+. The van der Waals surface area contributed by atoms with E-state index in [9.17, 15) is 24.0 Å². The molecule has 3 aromatic rings. The Morgan fingerprint density at radius 2 is 1.90 bits per heavy atom. The molecule has 0 unspecified atom stereocenters. The number of carboxylic acid groups (broad SMARTS) is 1. The second-order valence-electron chi connectivity index (χ2n) is 9.59. The fourth-order valence-electron chi connectivity index (χ4n) is 4.04. The lowest BCUT2D eigenvalue weighted by Gasteiger charge is -2.19. The van der Waals surface area contributed by atoms with Crippen molar-refractivity contribution in [3.05, 3.63) is 65.1 Å². The Hall–Kier alpha value is -5.27. The molecule has 0 spiro atoms. The normalized spacial score (nSPS) is 12.6. The zero-order chi connectivity index (χ0) is 30.4. The number of aliphatic carboxylic acids is 1. The fraction of sp³-hybridized carbons (Fsp3) is 0.321. The predicted octanol–water partition coefficient (Wildman–Crippen LogP) is 3.11. The van der Waals surface area contributed by atoms with Crippen molar-refractivity contribution in [1.29, 1.82) is 0 Å². The number of ether oxygens (including phenoxy) is 2. The van der Waals surface area contributed by atoms with Gasteiger partial charge in [-0.2, -0.15) is 5.10 Å². The second-order valence-corrected chi connectivity index (χ2v) is 9.59. The first-order chi connectivity index (χ1) is 20.1. The highest BCUT2D eigenvalue weighted by Gasteiger charge is 2.28. The van der Waals surface area contributed by atoms with Gasteiger partial charge in [0.05, 0.1) is 5.56 Å². The number of hydrogen-bond acceptors (Lipinski definition) is 10. The third-order valence-corrected chi connectivity index (χ3v) is 6.38. The highest BCUT2D eigenvalue weighted by molar-refractivity contribution is 6.06. The second kappa shape index (κ2) is 12.9.